The minimum Gasteiger partial charge on any atom is -0.507 e. The number of methoxy groups -OCH3 is 1. The molecule has 0 spiro atoms. The quantitative estimate of drug-likeness (QED) is 0.884. The van der Waals surface area contributed by atoms with Gasteiger partial charge >= 0.3 is 5.97 Å². The second-order valence-electron chi connectivity index (χ2n) is 4.15. The summed E-state index contributed by atoms with van der Waals surface area (Å²) in [7, 11) is 1.58. The molecule has 0 bridgehead atoms. The van der Waals surface area contributed by atoms with Gasteiger partial charge in [-0.1, -0.05) is 18.2 Å². The molecule has 4 nitrogen and oxygen atoms in total. The zero-order chi connectivity index (χ0) is 13.8. The van der Waals surface area contributed by atoms with Crippen LogP contribution in [0.3, 0.4) is 0 Å². The molecule has 98 valence electrons. The summed E-state index contributed by atoms with van der Waals surface area (Å²) in [5, 5.41) is 18.7. The van der Waals surface area contributed by atoms with Crippen molar-refractivity contribution in [1.82, 2.24) is 0 Å². The summed E-state index contributed by atoms with van der Waals surface area (Å²) in [6.45, 7) is 0. The van der Waals surface area contributed by atoms with Crippen LogP contribution in [-0.4, -0.2) is 23.3 Å². The summed E-state index contributed by atoms with van der Waals surface area (Å²) in [5.41, 5.74) is 2.07. The first-order chi connectivity index (χ1) is 9.10. The van der Waals surface area contributed by atoms with Crippen molar-refractivity contribution in [3.63, 3.8) is 0 Å². The number of aliphatic carboxylic acids is 1. The van der Waals surface area contributed by atoms with Crippen LogP contribution in [0.15, 0.2) is 42.5 Å². The fraction of sp³-hybridized carbons (Fsp3) is 0.133. The van der Waals surface area contributed by atoms with Crippen molar-refractivity contribution < 1.29 is 19.7 Å². The van der Waals surface area contributed by atoms with Gasteiger partial charge in [0.1, 0.15) is 11.5 Å². The van der Waals surface area contributed by atoms with E-state index in [2.05, 4.69) is 0 Å². The van der Waals surface area contributed by atoms with Gasteiger partial charge in [0.2, 0.25) is 0 Å². The number of hydrogen-bond donors (Lipinski definition) is 2. The summed E-state index contributed by atoms with van der Waals surface area (Å²) in [5.74, 6) is -0.0457. The van der Waals surface area contributed by atoms with Crippen LogP contribution in [0.2, 0.25) is 0 Å². The number of carbonyl (C=O) groups is 1. The van der Waals surface area contributed by atoms with Gasteiger partial charge in [-0.25, -0.2) is 0 Å². The van der Waals surface area contributed by atoms with Crippen LogP contribution < -0.4 is 4.74 Å². The highest BCUT2D eigenvalue weighted by molar-refractivity contribution is 5.75. The maximum atomic E-state index is 10.7. The average Bonchev–Trinajstić information content (AvgIpc) is 2.40. The van der Waals surface area contributed by atoms with E-state index >= 15 is 0 Å². The van der Waals surface area contributed by atoms with E-state index in [1.807, 2.05) is 12.1 Å². The molecular weight excluding hydrogens is 244 g/mol. The van der Waals surface area contributed by atoms with Crippen LogP contribution in [-0.2, 0) is 11.2 Å². The van der Waals surface area contributed by atoms with Gasteiger partial charge in [-0.3, -0.25) is 4.79 Å². The lowest BCUT2D eigenvalue weighted by Gasteiger charge is -2.08. The Kier molecular flexibility index (Phi) is 3.71. The lowest BCUT2D eigenvalue weighted by atomic mass is 10.0. The van der Waals surface area contributed by atoms with Gasteiger partial charge in [-0.05, 0) is 35.4 Å². The maximum Gasteiger partial charge on any atom is 0.307 e. The fourth-order valence-electron chi connectivity index (χ4n) is 1.87. The smallest absolute Gasteiger partial charge is 0.307 e. The predicted molar refractivity (Wildman–Crippen MR) is 71.4 cm³/mol. The summed E-state index contributed by atoms with van der Waals surface area (Å²) in [4.78, 5) is 10.7. The number of phenols is 1. The van der Waals surface area contributed by atoms with E-state index in [0.29, 0.717) is 11.1 Å². The number of rotatable bonds is 4. The van der Waals surface area contributed by atoms with Gasteiger partial charge in [-0.2, -0.15) is 0 Å². The number of phenolic OH excluding ortho intramolecular Hbond substituents is 1. The zero-order valence-electron chi connectivity index (χ0n) is 10.5. The number of hydrogen-bond acceptors (Lipinski definition) is 3. The molecular formula is C15H14O4. The molecule has 0 heterocycles. The van der Waals surface area contributed by atoms with Crippen molar-refractivity contribution in [2.45, 2.75) is 6.42 Å². The molecule has 0 saturated heterocycles. The van der Waals surface area contributed by atoms with Gasteiger partial charge in [0.05, 0.1) is 13.5 Å². The molecule has 0 aliphatic heterocycles. The van der Waals surface area contributed by atoms with Gasteiger partial charge in [0.15, 0.2) is 0 Å². The van der Waals surface area contributed by atoms with E-state index in [9.17, 15) is 9.90 Å². The normalized spacial score (nSPS) is 10.2. The van der Waals surface area contributed by atoms with Crippen molar-refractivity contribution in [3.8, 4) is 22.6 Å². The molecule has 0 aliphatic carbocycles. The first-order valence-corrected chi connectivity index (χ1v) is 5.78. The Balaban J connectivity index is 2.39. The highest BCUT2D eigenvalue weighted by atomic mass is 16.5. The minimum atomic E-state index is -0.897. The van der Waals surface area contributed by atoms with Crippen LogP contribution in [0, 0.1) is 0 Å². The summed E-state index contributed by atoms with van der Waals surface area (Å²) in [6, 6.07) is 12.0. The third-order valence-corrected chi connectivity index (χ3v) is 2.82. The van der Waals surface area contributed by atoms with E-state index < -0.39 is 5.97 Å². The number of aromatic hydroxyl groups is 1. The number of ether oxygens (including phenoxy) is 1. The molecule has 2 aromatic rings. The van der Waals surface area contributed by atoms with Crippen molar-refractivity contribution in [3.05, 3.63) is 48.0 Å². The minimum absolute atomic E-state index is 0.0660. The van der Waals surface area contributed by atoms with Crippen molar-refractivity contribution in [2.75, 3.05) is 7.11 Å². The lowest BCUT2D eigenvalue weighted by Crippen LogP contribution is -1.99. The monoisotopic (exact) mass is 258 g/mol. The molecule has 0 radical (unpaired) electrons. The Hall–Kier alpha value is -2.49. The Labute approximate surface area is 110 Å². The molecule has 19 heavy (non-hydrogen) atoms. The molecule has 0 amide bonds. The van der Waals surface area contributed by atoms with Crippen LogP contribution >= 0.6 is 0 Å². The predicted octanol–water partition coefficient (Wildman–Crippen LogP) is 2.69. The van der Waals surface area contributed by atoms with Gasteiger partial charge in [0.25, 0.3) is 0 Å². The molecule has 2 N–H and O–H groups in total. The lowest BCUT2D eigenvalue weighted by molar-refractivity contribution is -0.136. The van der Waals surface area contributed by atoms with Crippen LogP contribution in [0.4, 0.5) is 0 Å². The third-order valence-electron chi connectivity index (χ3n) is 2.82. The second-order valence-corrected chi connectivity index (χ2v) is 4.15. The standard InChI is InChI=1S/C15H14O4/c1-19-12-5-3-11(4-6-12)13-8-10(9-15(17)18)2-7-14(13)16/h2-8,16H,9H2,1H3,(H,17,18). The molecule has 2 aromatic carbocycles. The van der Waals surface area contributed by atoms with Crippen LogP contribution in [0.25, 0.3) is 11.1 Å². The second kappa shape index (κ2) is 5.44. The third kappa shape index (κ3) is 3.04. The Morgan fingerprint density at radius 2 is 1.84 bits per heavy atom. The number of carboxylic acids is 1. The topological polar surface area (TPSA) is 66.8 Å². The number of benzene rings is 2. The van der Waals surface area contributed by atoms with Gasteiger partial charge < -0.3 is 14.9 Å². The largest absolute Gasteiger partial charge is 0.507 e. The van der Waals surface area contributed by atoms with Gasteiger partial charge in [-0.15, -0.1) is 0 Å². The summed E-state index contributed by atoms with van der Waals surface area (Å²) >= 11 is 0. The van der Waals surface area contributed by atoms with Gasteiger partial charge in [0, 0.05) is 5.56 Å². The van der Waals surface area contributed by atoms with E-state index in [1.165, 1.54) is 6.07 Å². The fourth-order valence-corrected chi connectivity index (χ4v) is 1.87. The molecule has 0 aliphatic rings. The van der Waals surface area contributed by atoms with E-state index in [1.54, 1.807) is 31.4 Å². The summed E-state index contributed by atoms with van der Waals surface area (Å²) in [6.07, 6.45) is -0.0660. The molecule has 0 aromatic heterocycles. The SMILES string of the molecule is COc1ccc(-c2cc(CC(=O)O)ccc2O)cc1. The van der Waals surface area contributed by atoms with E-state index in [4.69, 9.17) is 9.84 Å². The van der Waals surface area contributed by atoms with Crippen molar-refractivity contribution in [2.24, 2.45) is 0 Å². The van der Waals surface area contributed by atoms with Crippen LogP contribution in [0.1, 0.15) is 5.56 Å². The Morgan fingerprint density at radius 3 is 2.42 bits per heavy atom. The first kappa shape index (κ1) is 13.0. The molecule has 4 heteroatoms. The highest BCUT2D eigenvalue weighted by Crippen LogP contribution is 2.31. The molecule has 0 fully saturated rings. The molecule has 2 rings (SSSR count). The Morgan fingerprint density at radius 1 is 1.16 bits per heavy atom. The molecule has 0 unspecified atom stereocenters. The molecule has 0 saturated carbocycles. The van der Waals surface area contributed by atoms with E-state index in [-0.39, 0.29) is 12.2 Å². The van der Waals surface area contributed by atoms with Crippen LogP contribution in [0.5, 0.6) is 11.5 Å². The van der Waals surface area contributed by atoms with Crippen molar-refractivity contribution >= 4 is 5.97 Å². The molecule has 0 atom stereocenters. The van der Waals surface area contributed by atoms with E-state index in [0.717, 1.165) is 11.3 Å². The number of carboxylic acid groups (broad SMARTS) is 1. The maximum absolute atomic E-state index is 10.7. The Bertz CT molecular complexity index is 588. The van der Waals surface area contributed by atoms with Crippen molar-refractivity contribution in [1.29, 1.82) is 0 Å². The highest BCUT2D eigenvalue weighted by Gasteiger charge is 2.08. The zero-order valence-corrected chi connectivity index (χ0v) is 10.5. The average molecular weight is 258 g/mol. The summed E-state index contributed by atoms with van der Waals surface area (Å²) < 4.78 is 5.07. The first-order valence-electron chi connectivity index (χ1n) is 5.78.